The van der Waals surface area contributed by atoms with Crippen LogP contribution < -0.4 is 5.32 Å². The number of rotatable bonds is 3. The fraction of sp³-hybridized carbons (Fsp3) is 0.643. The summed E-state index contributed by atoms with van der Waals surface area (Å²) >= 11 is 1.20. The first-order valence-corrected chi connectivity index (χ1v) is 9.53. The van der Waals surface area contributed by atoms with Gasteiger partial charge >= 0.3 is 6.09 Å². The molecule has 0 spiro atoms. The number of nitrogens with zero attached hydrogens (tertiary/aromatic N) is 1. The number of piperidine rings is 1. The van der Waals surface area contributed by atoms with Gasteiger partial charge < -0.3 is 10.1 Å². The molecule has 0 unspecified atom stereocenters. The lowest BCUT2D eigenvalue weighted by Crippen LogP contribution is -2.50. The highest BCUT2D eigenvalue weighted by atomic mass is 32.2. The third-order valence-electron chi connectivity index (χ3n) is 3.19. The molecule has 22 heavy (non-hydrogen) atoms. The molecule has 2 rings (SSSR count). The molecule has 1 aromatic rings. The van der Waals surface area contributed by atoms with Gasteiger partial charge in [-0.15, -0.1) is 11.3 Å². The summed E-state index contributed by atoms with van der Waals surface area (Å²) in [6, 6.07) is 3.10. The van der Waals surface area contributed by atoms with Gasteiger partial charge in [-0.2, -0.15) is 4.31 Å². The normalized spacial score (nSPS) is 20.6. The van der Waals surface area contributed by atoms with Gasteiger partial charge in [0, 0.05) is 19.1 Å². The van der Waals surface area contributed by atoms with Gasteiger partial charge in [0.25, 0.3) is 10.0 Å². The molecule has 0 radical (unpaired) electrons. The lowest BCUT2D eigenvalue weighted by Gasteiger charge is -2.32. The first-order chi connectivity index (χ1) is 10.2. The summed E-state index contributed by atoms with van der Waals surface area (Å²) in [4.78, 5) is 11.8. The summed E-state index contributed by atoms with van der Waals surface area (Å²) in [5, 5.41) is 4.50. The van der Waals surface area contributed by atoms with Crippen LogP contribution in [0, 0.1) is 0 Å². The van der Waals surface area contributed by atoms with Crippen molar-refractivity contribution in [2.45, 2.75) is 49.5 Å². The first kappa shape index (κ1) is 17.2. The molecule has 8 heteroatoms. The van der Waals surface area contributed by atoms with Gasteiger partial charge in [-0.25, -0.2) is 13.2 Å². The molecule has 0 aromatic carbocycles. The average Bonchev–Trinajstić information content (AvgIpc) is 2.91. The Hall–Kier alpha value is -1.12. The second-order valence-electron chi connectivity index (χ2n) is 6.28. The molecule has 0 saturated carbocycles. The van der Waals surface area contributed by atoms with Gasteiger partial charge in [0.15, 0.2) is 0 Å². The second-order valence-corrected chi connectivity index (χ2v) is 9.39. The number of thiophene rings is 1. The maximum absolute atomic E-state index is 12.5. The van der Waals surface area contributed by atoms with Crippen molar-refractivity contribution in [3.63, 3.8) is 0 Å². The minimum absolute atomic E-state index is 0.224. The zero-order valence-corrected chi connectivity index (χ0v) is 14.7. The number of nitrogens with one attached hydrogen (secondary N) is 1. The molecule has 1 saturated heterocycles. The van der Waals surface area contributed by atoms with E-state index in [2.05, 4.69) is 5.32 Å². The largest absolute Gasteiger partial charge is 0.444 e. The van der Waals surface area contributed by atoms with Gasteiger partial charge in [-0.05, 0) is 45.1 Å². The van der Waals surface area contributed by atoms with Crippen LogP contribution in [0.4, 0.5) is 4.79 Å². The van der Waals surface area contributed by atoms with Crippen molar-refractivity contribution in [3.8, 4) is 0 Å². The van der Waals surface area contributed by atoms with E-state index in [0.29, 0.717) is 17.2 Å². The quantitative estimate of drug-likeness (QED) is 0.912. The molecule has 124 valence electrons. The molecule has 0 aliphatic carbocycles. The highest BCUT2D eigenvalue weighted by Gasteiger charge is 2.32. The van der Waals surface area contributed by atoms with E-state index in [-0.39, 0.29) is 12.6 Å². The molecule has 1 amide bonds. The topological polar surface area (TPSA) is 75.7 Å². The highest BCUT2D eigenvalue weighted by Crippen LogP contribution is 2.24. The lowest BCUT2D eigenvalue weighted by atomic mass is 10.1. The second kappa shape index (κ2) is 6.55. The van der Waals surface area contributed by atoms with Crippen LogP contribution >= 0.6 is 11.3 Å². The molecule has 1 N–H and O–H groups in total. The Morgan fingerprint density at radius 1 is 1.45 bits per heavy atom. The molecule has 1 fully saturated rings. The number of carbonyl (C=O) groups is 1. The van der Waals surface area contributed by atoms with Crippen molar-refractivity contribution in [2.24, 2.45) is 0 Å². The average molecular weight is 346 g/mol. The van der Waals surface area contributed by atoms with Crippen LogP contribution in [0.2, 0.25) is 0 Å². The molecule has 1 aliphatic rings. The predicted octanol–water partition coefficient (Wildman–Crippen LogP) is 2.43. The van der Waals surface area contributed by atoms with Crippen LogP contribution in [0.3, 0.4) is 0 Å². The number of hydrogen-bond acceptors (Lipinski definition) is 5. The summed E-state index contributed by atoms with van der Waals surface area (Å²) in [6.45, 7) is 6.13. The number of carbonyl (C=O) groups excluding carboxylic acids is 1. The predicted molar refractivity (Wildman–Crippen MR) is 85.5 cm³/mol. The van der Waals surface area contributed by atoms with Gasteiger partial charge in [-0.1, -0.05) is 6.07 Å². The third-order valence-corrected chi connectivity index (χ3v) is 6.43. The van der Waals surface area contributed by atoms with E-state index >= 15 is 0 Å². The maximum Gasteiger partial charge on any atom is 0.407 e. The van der Waals surface area contributed by atoms with Crippen molar-refractivity contribution < 1.29 is 17.9 Å². The van der Waals surface area contributed by atoms with E-state index in [9.17, 15) is 13.2 Å². The van der Waals surface area contributed by atoms with Gasteiger partial charge in [-0.3, -0.25) is 0 Å². The van der Waals surface area contributed by atoms with E-state index < -0.39 is 21.7 Å². The van der Waals surface area contributed by atoms with E-state index in [1.807, 2.05) is 0 Å². The number of ether oxygens (including phenoxy) is 1. The molecular formula is C14H22N2O4S2. The molecule has 1 aromatic heterocycles. The number of amides is 1. The first-order valence-electron chi connectivity index (χ1n) is 7.22. The summed E-state index contributed by atoms with van der Waals surface area (Å²) in [6.07, 6.45) is 0.952. The molecule has 0 bridgehead atoms. The minimum Gasteiger partial charge on any atom is -0.444 e. The van der Waals surface area contributed by atoms with Crippen LogP contribution in [0.1, 0.15) is 33.6 Å². The van der Waals surface area contributed by atoms with Crippen molar-refractivity contribution in [3.05, 3.63) is 17.5 Å². The molecular weight excluding hydrogens is 324 g/mol. The highest BCUT2D eigenvalue weighted by molar-refractivity contribution is 7.91. The fourth-order valence-corrected chi connectivity index (χ4v) is 4.96. The molecule has 1 atom stereocenters. The Kier molecular flexibility index (Phi) is 5.14. The molecule has 6 nitrogen and oxygen atoms in total. The van der Waals surface area contributed by atoms with Crippen LogP contribution in [0.25, 0.3) is 0 Å². The number of hydrogen-bond donors (Lipinski definition) is 1. The van der Waals surface area contributed by atoms with Crippen molar-refractivity contribution in [1.82, 2.24) is 9.62 Å². The Labute approximate surface area is 135 Å². The Bertz CT molecular complexity index is 605. The molecule has 2 heterocycles. The Balaban J connectivity index is 1.99. The van der Waals surface area contributed by atoms with Crippen LogP contribution in [-0.2, 0) is 14.8 Å². The number of alkyl carbamates (subject to hydrolysis) is 1. The van der Waals surface area contributed by atoms with Gasteiger partial charge in [0.2, 0.25) is 0 Å². The summed E-state index contributed by atoms with van der Waals surface area (Å²) in [5.41, 5.74) is -0.568. The van der Waals surface area contributed by atoms with E-state index in [1.165, 1.54) is 15.6 Å². The maximum atomic E-state index is 12.5. The SMILES string of the molecule is CC(C)(C)OC(=O)N[C@@H]1CCCN(S(=O)(=O)c2cccs2)C1. The van der Waals surface area contributed by atoms with Crippen LogP contribution in [-0.4, -0.2) is 43.5 Å². The summed E-state index contributed by atoms with van der Waals surface area (Å²) in [7, 11) is -3.46. The van der Waals surface area contributed by atoms with E-state index in [0.717, 1.165) is 6.42 Å². The minimum atomic E-state index is -3.46. The van der Waals surface area contributed by atoms with Gasteiger partial charge in [0.1, 0.15) is 9.81 Å². The van der Waals surface area contributed by atoms with Crippen molar-refractivity contribution in [1.29, 1.82) is 0 Å². The Morgan fingerprint density at radius 2 is 2.18 bits per heavy atom. The van der Waals surface area contributed by atoms with Gasteiger partial charge in [0.05, 0.1) is 0 Å². The number of sulfonamides is 1. The van der Waals surface area contributed by atoms with Crippen LogP contribution in [0.15, 0.2) is 21.7 Å². The summed E-state index contributed by atoms with van der Waals surface area (Å²) in [5.74, 6) is 0. The Morgan fingerprint density at radius 3 is 2.77 bits per heavy atom. The molecule has 1 aliphatic heterocycles. The summed E-state index contributed by atoms with van der Waals surface area (Å²) < 4.78 is 32.0. The van der Waals surface area contributed by atoms with E-state index in [4.69, 9.17) is 4.74 Å². The standard InChI is InChI=1S/C14H22N2O4S2/c1-14(2,3)20-13(17)15-11-6-4-8-16(10-11)22(18,19)12-7-5-9-21-12/h5,7,9,11H,4,6,8,10H2,1-3H3,(H,15,17)/t11-/m1/s1. The monoisotopic (exact) mass is 346 g/mol. The smallest absolute Gasteiger partial charge is 0.407 e. The van der Waals surface area contributed by atoms with E-state index in [1.54, 1.807) is 38.3 Å². The third kappa shape index (κ3) is 4.44. The van der Waals surface area contributed by atoms with Crippen LogP contribution in [0.5, 0.6) is 0 Å². The zero-order valence-electron chi connectivity index (χ0n) is 13.0. The zero-order chi connectivity index (χ0) is 16.4. The van der Waals surface area contributed by atoms with Crippen molar-refractivity contribution >= 4 is 27.5 Å². The lowest BCUT2D eigenvalue weighted by molar-refractivity contribution is 0.0487. The fourth-order valence-electron chi connectivity index (χ4n) is 2.29. The van der Waals surface area contributed by atoms with Crippen molar-refractivity contribution in [2.75, 3.05) is 13.1 Å².